The van der Waals surface area contributed by atoms with E-state index in [0.29, 0.717) is 6.54 Å². The number of carbonyl (C=O) groups is 1. The smallest absolute Gasteiger partial charge is 0.315 e. The first-order chi connectivity index (χ1) is 8.76. The summed E-state index contributed by atoms with van der Waals surface area (Å²) >= 11 is 0. The summed E-state index contributed by atoms with van der Waals surface area (Å²) in [6.45, 7) is 0.639. The molecule has 1 atom stereocenters. The molecule has 4 heteroatoms. The van der Waals surface area contributed by atoms with Gasteiger partial charge in [-0.05, 0) is 34.5 Å². The molecule has 3 rings (SSSR count). The van der Waals surface area contributed by atoms with Crippen molar-refractivity contribution in [3.05, 3.63) is 42.0 Å². The molecular weight excluding hydrogens is 228 g/mol. The number of carbonyl (C=O) groups excluding carboxylic acids is 1. The van der Waals surface area contributed by atoms with Gasteiger partial charge in [-0.3, -0.25) is 0 Å². The molecule has 1 aliphatic heterocycles. The molecule has 2 aromatic rings. The van der Waals surface area contributed by atoms with Crippen LogP contribution in [0.5, 0.6) is 5.75 Å². The first kappa shape index (κ1) is 10.9. The number of urea groups is 1. The van der Waals surface area contributed by atoms with E-state index in [9.17, 15) is 4.79 Å². The molecule has 4 nitrogen and oxygen atoms in total. The quantitative estimate of drug-likeness (QED) is 0.848. The molecule has 2 amide bonds. The lowest BCUT2D eigenvalue weighted by Crippen LogP contribution is -2.21. The van der Waals surface area contributed by atoms with E-state index in [2.05, 4.69) is 22.8 Å². The van der Waals surface area contributed by atoms with Crippen LogP contribution in [0.15, 0.2) is 36.4 Å². The van der Waals surface area contributed by atoms with Gasteiger partial charge in [-0.15, -0.1) is 0 Å². The highest BCUT2D eigenvalue weighted by Gasteiger charge is 2.21. The number of methoxy groups -OCH3 is 1. The van der Waals surface area contributed by atoms with Crippen molar-refractivity contribution in [2.45, 2.75) is 6.04 Å². The minimum absolute atomic E-state index is 0.0593. The fourth-order valence-corrected chi connectivity index (χ4v) is 2.24. The highest BCUT2D eigenvalue weighted by molar-refractivity contribution is 5.85. The van der Waals surface area contributed by atoms with E-state index < -0.39 is 0 Å². The second-order valence-electron chi connectivity index (χ2n) is 4.38. The van der Waals surface area contributed by atoms with Gasteiger partial charge in [-0.2, -0.15) is 0 Å². The molecular formula is C14H14N2O2. The third-order valence-corrected chi connectivity index (χ3v) is 3.25. The van der Waals surface area contributed by atoms with Gasteiger partial charge >= 0.3 is 6.03 Å². The van der Waals surface area contributed by atoms with Crippen LogP contribution in [0.3, 0.4) is 0 Å². The van der Waals surface area contributed by atoms with Crippen molar-refractivity contribution in [3.63, 3.8) is 0 Å². The summed E-state index contributed by atoms with van der Waals surface area (Å²) in [4.78, 5) is 11.1. The first-order valence-corrected chi connectivity index (χ1v) is 5.88. The van der Waals surface area contributed by atoms with E-state index in [1.807, 2.05) is 24.3 Å². The number of ether oxygens (including phenoxy) is 1. The third-order valence-electron chi connectivity index (χ3n) is 3.25. The standard InChI is InChI=1S/C14H14N2O2/c1-18-12-5-4-9-6-11(3-2-10(9)7-12)13-8-15-14(17)16-13/h2-7,13H,8H2,1H3,(H2,15,16,17)/t13-/m0/s1. The van der Waals surface area contributed by atoms with Crippen molar-refractivity contribution in [2.24, 2.45) is 0 Å². The molecule has 0 aromatic heterocycles. The van der Waals surface area contributed by atoms with Crippen molar-refractivity contribution in [1.29, 1.82) is 0 Å². The van der Waals surface area contributed by atoms with Gasteiger partial charge in [0.25, 0.3) is 0 Å². The number of nitrogens with one attached hydrogen (secondary N) is 2. The van der Waals surface area contributed by atoms with Crippen LogP contribution < -0.4 is 15.4 Å². The Morgan fingerprint density at radius 1 is 1.17 bits per heavy atom. The summed E-state index contributed by atoms with van der Waals surface area (Å²) in [5.74, 6) is 0.853. The second kappa shape index (κ2) is 4.22. The monoisotopic (exact) mass is 242 g/mol. The van der Waals surface area contributed by atoms with E-state index in [1.54, 1.807) is 7.11 Å². The highest BCUT2D eigenvalue weighted by Crippen LogP contribution is 2.25. The zero-order valence-electron chi connectivity index (χ0n) is 10.1. The van der Waals surface area contributed by atoms with Gasteiger partial charge in [0.15, 0.2) is 0 Å². The lowest BCUT2D eigenvalue weighted by atomic mass is 10.0. The number of hydrogen-bond acceptors (Lipinski definition) is 2. The van der Waals surface area contributed by atoms with Crippen LogP contribution in [-0.4, -0.2) is 19.7 Å². The van der Waals surface area contributed by atoms with E-state index in [1.165, 1.54) is 0 Å². The van der Waals surface area contributed by atoms with Crippen molar-refractivity contribution in [3.8, 4) is 5.75 Å². The van der Waals surface area contributed by atoms with Crippen LogP contribution >= 0.6 is 0 Å². The van der Waals surface area contributed by atoms with Crippen molar-refractivity contribution >= 4 is 16.8 Å². The van der Waals surface area contributed by atoms with Crippen LogP contribution in [0.2, 0.25) is 0 Å². The van der Waals surface area contributed by atoms with Crippen molar-refractivity contribution in [1.82, 2.24) is 10.6 Å². The lowest BCUT2D eigenvalue weighted by molar-refractivity contribution is 0.247. The van der Waals surface area contributed by atoms with Gasteiger partial charge in [-0.25, -0.2) is 4.79 Å². The topological polar surface area (TPSA) is 50.4 Å². The molecule has 1 heterocycles. The maximum absolute atomic E-state index is 11.1. The van der Waals surface area contributed by atoms with Crippen molar-refractivity contribution < 1.29 is 9.53 Å². The van der Waals surface area contributed by atoms with Gasteiger partial charge in [0.1, 0.15) is 5.75 Å². The zero-order valence-corrected chi connectivity index (χ0v) is 10.1. The number of benzene rings is 2. The molecule has 18 heavy (non-hydrogen) atoms. The molecule has 0 aliphatic carbocycles. The minimum Gasteiger partial charge on any atom is -0.497 e. The molecule has 1 fully saturated rings. The SMILES string of the molecule is COc1ccc2cc([C@@H]3CNC(=O)N3)ccc2c1. The third kappa shape index (κ3) is 1.86. The number of hydrogen-bond donors (Lipinski definition) is 2. The van der Waals surface area contributed by atoms with E-state index >= 15 is 0 Å². The molecule has 2 N–H and O–H groups in total. The van der Waals surface area contributed by atoms with Crippen LogP contribution in [-0.2, 0) is 0 Å². The fraction of sp³-hybridized carbons (Fsp3) is 0.214. The Balaban J connectivity index is 1.98. The van der Waals surface area contributed by atoms with Gasteiger partial charge in [0.05, 0.1) is 13.2 Å². The molecule has 0 radical (unpaired) electrons. The van der Waals surface area contributed by atoms with Crippen LogP contribution in [0, 0.1) is 0 Å². The van der Waals surface area contributed by atoms with Crippen LogP contribution in [0.4, 0.5) is 4.79 Å². The lowest BCUT2D eigenvalue weighted by Gasteiger charge is -2.10. The molecule has 1 saturated heterocycles. The molecule has 1 aliphatic rings. The van der Waals surface area contributed by atoms with Crippen LogP contribution in [0.1, 0.15) is 11.6 Å². The Morgan fingerprint density at radius 2 is 1.94 bits per heavy atom. The Kier molecular flexibility index (Phi) is 2.55. The summed E-state index contributed by atoms with van der Waals surface area (Å²) in [7, 11) is 1.66. The zero-order chi connectivity index (χ0) is 12.5. The number of amides is 2. The number of fused-ring (bicyclic) bond motifs is 1. The Bertz CT molecular complexity index is 610. The molecule has 0 spiro atoms. The summed E-state index contributed by atoms with van der Waals surface area (Å²) < 4.78 is 5.20. The van der Waals surface area contributed by atoms with Crippen LogP contribution in [0.25, 0.3) is 10.8 Å². The summed E-state index contributed by atoms with van der Waals surface area (Å²) in [5, 5.41) is 7.93. The molecule has 0 unspecified atom stereocenters. The summed E-state index contributed by atoms with van der Waals surface area (Å²) in [6, 6.07) is 12.1. The highest BCUT2D eigenvalue weighted by atomic mass is 16.5. The van der Waals surface area contributed by atoms with E-state index in [0.717, 1.165) is 22.1 Å². The van der Waals surface area contributed by atoms with Gasteiger partial charge in [-0.1, -0.05) is 18.2 Å². The molecule has 0 saturated carbocycles. The minimum atomic E-state index is -0.102. The predicted molar refractivity (Wildman–Crippen MR) is 69.8 cm³/mol. The molecule has 2 aromatic carbocycles. The molecule has 92 valence electrons. The first-order valence-electron chi connectivity index (χ1n) is 5.88. The average Bonchev–Trinajstić information content (AvgIpc) is 2.84. The fourth-order valence-electron chi connectivity index (χ4n) is 2.24. The predicted octanol–water partition coefficient (Wildman–Crippen LogP) is 2.20. The number of rotatable bonds is 2. The van der Waals surface area contributed by atoms with Crippen molar-refractivity contribution in [2.75, 3.05) is 13.7 Å². The second-order valence-corrected chi connectivity index (χ2v) is 4.38. The maximum atomic E-state index is 11.1. The Hall–Kier alpha value is -2.23. The van der Waals surface area contributed by atoms with E-state index in [4.69, 9.17) is 4.74 Å². The van der Waals surface area contributed by atoms with Gasteiger partial charge in [0, 0.05) is 6.54 Å². The van der Waals surface area contributed by atoms with Gasteiger partial charge in [0.2, 0.25) is 0 Å². The normalized spacial score (nSPS) is 18.5. The summed E-state index contributed by atoms with van der Waals surface area (Å²) in [5.41, 5.74) is 1.12. The van der Waals surface area contributed by atoms with Gasteiger partial charge < -0.3 is 15.4 Å². The molecule has 0 bridgehead atoms. The Morgan fingerprint density at radius 3 is 2.67 bits per heavy atom. The van der Waals surface area contributed by atoms with E-state index in [-0.39, 0.29) is 12.1 Å². The maximum Gasteiger partial charge on any atom is 0.315 e. The largest absolute Gasteiger partial charge is 0.497 e. The average molecular weight is 242 g/mol. The summed E-state index contributed by atoms with van der Waals surface area (Å²) in [6.07, 6.45) is 0. The Labute approximate surface area is 105 Å².